The molecule has 5 saturated heterocycles. The highest BCUT2D eigenvalue weighted by molar-refractivity contribution is 5.74. The van der Waals surface area contributed by atoms with Crippen molar-refractivity contribution in [2.45, 2.75) is 170 Å². The van der Waals surface area contributed by atoms with Crippen molar-refractivity contribution in [1.29, 1.82) is 5.26 Å². The number of carbonyl (C=O) groups is 1. The molecule has 1 unspecified atom stereocenters. The molecule has 0 aliphatic carbocycles. The van der Waals surface area contributed by atoms with Crippen molar-refractivity contribution in [3.05, 3.63) is 215 Å². The highest BCUT2D eigenvalue weighted by Gasteiger charge is 2.61. The molecule has 18 atom stereocenters. The second-order valence-corrected chi connectivity index (χ2v) is 22.6. The Bertz CT molecular complexity index is 3130. The zero-order chi connectivity index (χ0) is 60.3. The molecule has 19 nitrogen and oxygen atoms in total. The lowest BCUT2D eigenvalue weighted by Gasteiger charge is -2.53. The first-order valence-corrected chi connectivity index (χ1v) is 29.5. The maximum absolute atomic E-state index is 14.9. The number of methoxy groups -OCH3 is 1. The molecule has 0 radical (unpaired) electrons. The lowest BCUT2D eigenvalue weighted by atomic mass is 9.92. The second-order valence-electron chi connectivity index (χ2n) is 22.6. The average molecular weight is 1190 g/mol. The van der Waals surface area contributed by atoms with Gasteiger partial charge in [0, 0.05) is 12.7 Å². The number of nitrogens with zero attached hydrogens (tertiary/aromatic N) is 1. The van der Waals surface area contributed by atoms with Crippen LogP contribution < -0.4 is 0 Å². The van der Waals surface area contributed by atoms with Crippen molar-refractivity contribution in [3.8, 4) is 6.07 Å². The number of ether oxygens (including phenoxy) is 15. The molecule has 19 heteroatoms. The fourth-order valence-corrected chi connectivity index (χ4v) is 11.7. The van der Waals surface area contributed by atoms with Gasteiger partial charge in [0.15, 0.2) is 37.1 Å². The van der Waals surface area contributed by atoms with Gasteiger partial charge in [-0.3, -0.25) is 4.79 Å². The van der Waals surface area contributed by atoms with E-state index in [1.807, 2.05) is 159 Å². The number of fused-ring (bicyclic) bond motifs is 2. The zero-order valence-corrected chi connectivity index (χ0v) is 49.0. The molecular weight excluding hydrogens is 1120 g/mol. The first-order chi connectivity index (χ1) is 42.4. The van der Waals surface area contributed by atoms with Gasteiger partial charge in [0.05, 0.1) is 63.8 Å². The Kier molecular flexibility index (Phi) is 21.0. The van der Waals surface area contributed by atoms with Crippen LogP contribution in [0.2, 0.25) is 0 Å². The molecule has 5 fully saturated rings. The summed E-state index contributed by atoms with van der Waals surface area (Å²) in [5.41, 5.74) is 4.64. The molecular formula is C68H75NO18. The number of carbonyl (C=O) groups excluding carboxylic acids is 1. The molecule has 0 saturated carbocycles. The van der Waals surface area contributed by atoms with Crippen LogP contribution in [0.1, 0.15) is 66.0 Å². The van der Waals surface area contributed by atoms with Gasteiger partial charge in [0.1, 0.15) is 73.2 Å². The van der Waals surface area contributed by atoms with Gasteiger partial charge in [-0.1, -0.05) is 170 Å². The second kappa shape index (κ2) is 29.3. The Hall–Kier alpha value is -6.36. The largest absolute Gasteiger partial charge is 0.456 e. The van der Waals surface area contributed by atoms with Crippen LogP contribution in [0.5, 0.6) is 0 Å². The third-order valence-corrected chi connectivity index (χ3v) is 16.0. The number of hydrogen-bond acceptors (Lipinski definition) is 19. The van der Waals surface area contributed by atoms with Crippen LogP contribution in [0.15, 0.2) is 176 Å². The monoisotopic (exact) mass is 1190 g/mol. The van der Waals surface area contributed by atoms with Gasteiger partial charge in [-0.05, 0) is 54.7 Å². The summed E-state index contributed by atoms with van der Waals surface area (Å²) in [6.45, 7) is 5.31. The van der Waals surface area contributed by atoms with Gasteiger partial charge in [0.2, 0.25) is 0 Å². The molecule has 0 aromatic heterocycles. The van der Waals surface area contributed by atoms with Crippen molar-refractivity contribution in [1.82, 2.24) is 0 Å². The SMILES string of the molecule is CO[C@@H]1O[C@@H](C)[C@H](O[C@@H]2O[C@H]([C@H](O)COCc3ccccc3)[C@@H](OC(=O)Cc3ccccc3C#N)[C@H](O[C@@H]3O[C@H]4[C@@H](OC(c5ccccc5)O[C@@H]4COCc4ccccc4)[C@H](O)[C@@H]3OCc3ccccc3)[C@@H]2OCc2ccccc2)[C@H]2OC(C)(C)O[C@@H]12. The standard InChI is InChI=1S/C68H75NO18/c1-42-54(61-63(65(73-4)78-42)87-68(2,3)86-61)81-67-62(77-39-46-28-16-8-17-29-46)60(59(80-52(71)34-48-32-20-21-33-49(48)35-69)55(82-67)50(70)40-74-36-43-22-10-5-11-23-43)85-66-58(76-38-45-26-14-7-15-27-45)53(72)57-56(83-66)51(41-75-37-44-24-12-6-13-25-44)79-64(84-57)47-30-18-9-19-31-47/h5-33,42,50-51,53-67,70,72H,34,36-41H2,1-4H3/t42-,50+,51+,53-,54-,55+,56+,57-,58-,59+,60-,61+,62-,63+,64?,65+,66-,67+/m0/s1. The number of rotatable bonds is 24. The van der Waals surface area contributed by atoms with E-state index in [9.17, 15) is 20.3 Å². The van der Waals surface area contributed by atoms with Gasteiger partial charge >= 0.3 is 5.97 Å². The molecule has 11 rings (SSSR count). The van der Waals surface area contributed by atoms with E-state index in [1.165, 1.54) is 7.11 Å². The Labute approximate surface area is 506 Å². The third kappa shape index (κ3) is 15.4. The minimum Gasteiger partial charge on any atom is -0.456 e. The van der Waals surface area contributed by atoms with Crippen molar-refractivity contribution in [2.24, 2.45) is 0 Å². The van der Waals surface area contributed by atoms with E-state index in [1.54, 1.807) is 38.1 Å². The zero-order valence-electron chi connectivity index (χ0n) is 49.0. The van der Waals surface area contributed by atoms with Crippen LogP contribution in [0, 0.1) is 11.3 Å². The predicted molar refractivity (Wildman–Crippen MR) is 310 cm³/mol. The summed E-state index contributed by atoms with van der Waals surface area (Å²) in [4.78, 5) is 14.9. The molecule has 6 aromatic rings. The normalized spacial score (nSPS) is 31.4. The number of nitriles is 1. The van der Waals surface area contributed by atoms with E-state index in [0.29, 0.717) is 11.1 Å². The molecule has 0 bridgehead atoms. The highest BCUT2D eigenvalue weighted by atomic mass is 16.8. The molecule has 2 N–H and O–H groups in total. The van der Waals surface area contributed by atoms with Gasteiger partial charge in [-0.25, -0.2) is 0 Å². The van der Waals surface area contributed by atoms with Crippen molar-refractivity contribution in [2.75, 3.05) is 20.3 Å². The van der Waals surface area contributed by atoms with Crippen LogP contribution in [0.4, 0.5) is 0 Å². The van der Waals surface area contributed by atoms with Crippen LogP contribution in [0.3, 0.4) is 0 Å². The molecule has 0 amide bonds. The summed E-state index contributed by atoms with van der Waals surface area (Å²) in [7, 11) is 1.52. The fraction of sp³-hybridized carbons (Fsp3) is 0.441. The topological polar surface area (TPSA) is 220 Å². The molecule has 5 heterocycles. The van der Waals surface area contributed by atoms with E-state index in [-0.39, 0.29) is 51.6 Å². The quantitative estimate of drug-likeness (QED) is 0.0549. The van der Waals surface area contributed by atoms with Crippen LogP contribution in [0.25, 0.3) is 0 Å². The Morgan fingerprint density at radius 3 is 1.74 bits per heavy atom. The fourth-order valence-electron chi connectivity index (χ4n) is 11.7. The first-order valence-electron chi connectivity index (χ1n) is 29.5. The molecule has 5 aliphatic heterocycles. The number of aliphatic hydroxyl groups is 2. The molecule has 6 aromatic carbocycles. The van der Waals surface area contributed by atoms with Gasteiger partial charge in [-0.2, -0.15) is 5.26 Å². The van der Waals surface area contributed by atoms with Gasteiger partial charge in [0.25, 0.3) is 0 Å². The third-order valence-electron chi connectivity index (χ3n) is 16.0. The minimum atomic E-state index is -1.59. The summed E-state index contributed by atoms with van der Waals surface area (Å²) in [5.74, 6) is -1.89. The predicted octanol–water partition coefficient (Wildman–Crippen LogP) is 7.95. The number of esters is 1. The number of hydrogen-bond donors (Lipinski definition) is 2. The Balaban J connectivity index is 1.01. The number of benzene rings is 6. The summed E-state index contributed by atoms with van der Waals surface area (Å²) in [6.07, 6.45) is -21.9. The van der Waals surface area contributed by atoms with E-state index >= 15 is 0 Å². The summed E-state index contributed by atoms with van der Waals surface area (Å²) in [6, 6.07) is 56.2. The Morgan fingerprint density at radius 2 is 1.11 bits per heavy atom. The van der Waals surface area contributed by atoms with E-state index in [2.05, 4.69) is 6.07 Å². The molecule has 87 heavy (non-hydrogen) atoms. The smallest absolute Gasteiger partial charge is 0.310 e. The van der Waals surface area contributed by atoms with Crippen LogP contribution >= 0.6 is 0 Å². The van der Waals surface area contributed by atoms with Gasteiger partial charge < -0.3 is 81.3 Å². The summed E-state index contributed by atoms with van der Waals surface area (Å²) < 4.78 is 100. The highest BCUT2D eigenvalue weighted by Crippen LogP contribution is 2.44. The van der Waals surface area contributed by atoms with Crippen LogP contribution in [-0.2, 0) is 109 Å². The summed E-state index contributed by atoms with van der Waals surface area (Å²) in [5, 5.41) is 35.9. The van der Waals surface area contributed by atoms with Gasteiger partial charge in [-0.15, -0.1) is 0 Å². The molecule has 460 valence electrons. The minimum absolute atomic E-state index is 0.00823. The van der Waals surface area contributed by atoms with Crippen molar-refractivity contribution in [3.63, 3.8) is 0 Å². The van der Waals surface area contributed by atoms with Crippen molar-refractivity contribution < 1.29 is 86.1 Å². The lowest BCUT2D eigenvalue weighted by Crippen LogP contribution is -2.70. The van der Waals surface area contributed by atoms with Crippen LogP contribution in [-0.4, -0.2) is 147 Å². The lowest BCUT2D eigenvalue weighted by molar-refractivity contribution is -0.411. The van der Waals surface area contributed by atoms with E-state index in [0.717, 1.165) is 22.3 Å². The average Bonchev–Trinajstić information content (AvgIpc) is 1.85. The number of aliphatic hydroxyl groups excluding tert-OH is 2. The molecule has 0 spiro atoms. The molecule has 5 aliphatic rings. The van der Waals surface area contributed by atoms with Crippen molar-refractivity contribution >= 4 is 5.97 Å². The maximum Gasteiger partial charge on any atom is 0.310 e. The summed E-state index contributed by atoms with van der Waals surface area (Å²) >= 11 is 0. The maximum atomic E-state index is 14.9. The van der Waals surface area contributed by atoms with E-state index in [4.69, 9.17) is 71.1 Å². The Morgan fingerprint density at radius 1 is 0.575 bits per heavy atom. The first kappa shape index (κ1) is 62.3. The van der Waals surface area contributed by atoms with E-state index < -0.39 is 122 Å².